The van der Waals surface area contributed by atoms with Crippen LogP contribution in [0.2, 0.25) is 0 Å². The SMILES string of the molecule is C.C.Nc1ccccc1S.O=Cc1cccc(C(=C(c2ccccc2)c2ccccc2)c2cccc(C=O)c2)c1.c1ccc(C(=C(c2cccc(-c3nc4ccccc4s3)c2)c2cccc(-c3nc4ccccc4s3)c2)c2ccccc2)cc1. The number of anilines is 1. The van der Waals surface area contributed by atoms with Gasteiger partial charge in [-0.2, -0.15) is 0 Å². The zero-order valence-electron chi connectivity index (χ0n) is 44.4. The lowest BCUT2D eigenvalue weighted by atomic mass is 9.85. The minimum atomic E-state index is 0. The summed E-state index contributed by atoms with van der Waals surface area (Å²) in [6.45, 7) is 0. The minimum Gasteiger partial charge on any atom is -0.398 e. The number of hydrogen-bond donors (Lipinski definition) is 2. The van der Waals surface area contributed by atoms with Gasteiger partial charge in [-0.3, -0.25) is 9.59 Å². The van der Waals surface area contributed by atoms with Crippen molar-refractivity contribution in [2.24, 2.45) is 0 Å². The van der Waals surface area contributed by atoms with Gasteiger partial charge in [-0.15, -0.1) is 35.3 Å². The van der Waals surface area contributed by atoms with Gasteiger partial charge in [0.15, 0.2) is 0 Å². The molecule has 0 amide bonds. The summed E-state index contributed by atoms with van der Waals surface area (Å²) >= 11 is 7.54. The van der Waals surface area contributed by atoms with Gasteiger partial charge in [0, 0.05) is 32.8 Å². The molecular formula is C76H61N3O2S3. The first-order valence-corrected chi connectivity index (χ1v) is 28.8. The Morgan fingerprint density at radius 2 is 0.631 bits per heavy atom. The van der Waals surface area contributed by atoms with Crippen molar-refractivity contribution in [2.45, 2.75) is 19.7 Å². The smallest absolute Gasteiger partial charge is 0.150 e. The molecule has 0 saturated carbocycles. The number of nitrogens with two attached hydrogens (primary N) is 1. The standard InChI is InChI=1S/C40H26N2S2.C28H20O2.C6H7NS.2CH4/c1-3-13-27(14-4-1)37(28-15-5-2-6-16-28)38(29-17-11-19-31(25-29)39-41-33-21-7-9-23-35(33)43-39)30-18-12-20-32(26-30)40-42-34-22-8-10-24-36(34)44-40;29-19-21-9-7-15-25(17-21)28(26-16-8-10-22(18-26)20-30)27(23-11-3-1-4-12-23)24-13-5-2-6-14-24;7-5-3-1-2-4-6(5)8;;/h1-26H;1-20H;1-4,8H,7H2;2*1H4. The molecule has 0 fully saturated rings. The lowest BCUT2D eigenvalue weighted by Crippen LogP contribution is -1.99. The van der Waals surface area contributed by atoms with Crippen LogP contribution in [0.5, 0.6) is 0 Å². The Kier molecular flexibility index (Phi) is 19.8. The van der Waals surface area contributed by atoms with Crippen LogP contribution in [-0.4, -0.2) is 22.5 Å². The van der Waals surface area contributed by atoms with Crippen molar-refractivity contribution >= 4 is 96.3 Å². The number of para-hydroxylation sites is 3. The predicted octanol–water partition coefficient (Wildman–Crippen LogP) is 20.4. The van der Waals surface area contributed by atoms with Crippen LogP contribution in [0.3, 0.4) is 0 Å². The highest BCUT2D eigenvalue weighted by Gasteiger charge is 2.20. The highest BCUT2D eigenvalue weighted by molar-refractivity contribution is 7.80. The normalized spacial score (nSPS) is 10.4. The summed E-state index contributed by atoms with van der Waals surface area (Å²) in [4.78, 5) is 33.7. The number of nitrogen functional groups attached to an aromatic ring is 1. The van der Waals surface area contributed by atoms with Gasteiger partial charge in [-0.05, 0) is 127 Å². The van der Waals surface area contributed by atoms with Crippen LogP contribution in [0, 0.1) is 0 Å². The number of thiol groups is 1. The summed E-state index contributed by atoms with van der Waals surface area (Å²) in [5.74, 6) is 0. The molecule has 13 rings (SSSR count). The van der Waals surface area contributed by atoms with Crippen LogP contribution >= 0.6 is 35.3 Å². The van der Waals surface area contributed by atoms with Crippen LogP contribution in [0.4, 0.5) is 5.69 Å². The second-order valence-corrected chi connectivity index (χ2v) is 21.7. The van der Waals surface area contributed by atoms with Crippen LogP contribution < -0.4 is 5.73 Å². The quantitative estimate of drug-likeness (QED) is 0.0551. The van der Waals surface area contributed by atoms with E-state index in [1.165, 1.54) is 31.7 Å². The van der Waals surface area contributed by atoms with E-state index in [-0.39, 0.29) is 14.9 Å². The molecule has 2 aromatic heterocycles. The Bertz CT molecular complexity index is 4060. The van der Waals surface area contributed by atoms with E-state index in [1.54, 1.807) is 34.8 Å². The largest absolute Gasteiger partial charge is 0.398 e. The summed E-state index contributed by atoms with van der Waals surface area (Å²) < 4.78 is 2.39. The maximum absolute atomic E-state index is 11.5. The van der Waals surface area contributed by atoms with Gasteiger partial charge in [-0.25, -0.2) is 9.97 Å². The average Bonchev–Trinajstić information content (AvgIpc) is 4.22. The van der Waals surface area contributed by atoms with Crippen molar-refractivity contribution in [3.8, 4) is 21.1 Å². The molecule has 2 heterocycles. The van der Waals surface area contributed by atoms with Gasteiger partial charge in [0.25, 0.3) is 0 Å². The molecule has 0 atom stereocenters. The van der Waals surface area contributed by atoms with E-state index < -0.39 is 0 Å². The molecule has 410 valence electrons. The molecule has 13 aromatic rings. The van der Waals surface area contributed by atoms with E-state index in [0.717, 1.165) is 99.9 Å². The predicted molar refractivity (Wildman–Crippen MR) is 361 cm³/mol. The van der Waals surface area contributed by atoms with Gasteiger partial charge in [-0.1, -0.05) is 245 Å². The van der Waals surface area contributed by atoms with Crippen LogP contribution in [0.25, 0.3) is 63.9 Å². The Balaban J connectivity index is 0.000000183. The third-order valence-corrected chi connectivity index (χ3v) is 16.3. The molecular weight excluding hydrogens is 1080 g/mol. The molecule has 0 spiro atoms. The number of benzene rings is 11. The molecule has 0 saturated heterocycles. The molecule has 0 bridgehead atoms. The lowest BCUT2D eigenvalue weighted by molar-refractivity contribution is 0.111. The van der Waals surface area contributed by atoms with E-state index in [1.807, 2.05) is 109 Å². The first-order valence-electron chi connectivity index (χ1n) is 26.7. The molecule has 0 radical (unpaired) electrons. The number of carbonyl (C=O) groups is 2. The molecule has 11 aromatic carbocycles. The number of nitrogens with zero attached hydrogens (tertiary/aromatic N) is 2. The molecule has 0 aliphatic heterocycles. The minimum absolute atomic E-state index is 0. The summed E-state index contributed by atoms with van der Waals surface area (Å²) in [6.07, 6.45) is 1.71. The highest BCUT2D eigenvalue weighted by atomic mass is 32.1. The second kappa shape index (κ2) is 28.2. The Labute approximate surface area is 505 Å². The summed E-state index contributed by atoms with van der Waals surface area (Å²) in [5.41, 5.74) is 24.7. The third kappa shape index (κ3) is 13.7. The number of fused-ring (bicyclic) bond motifs is 2. The summed E-state index contributed by atoms with van der Waals surface area (Å²) in [5, 5.41) is 2.05. The zero-order valence-corrected chi connectivity index (χ0v) is 46.9. The maximum Gasteiger partial charge on any atom is 0.150 e. The van der Waals surface area contributed by atoms with Crippen molar-refractivity contribution in [1.82, 2.24) is 9.97 Å². The van der Waals surface area contributed by atoms with Gasteiger partial charge in [0.2, 0.25) is 0 Å². The maximum atomic E-state index is 11.5. The van der Waals surface area contributed by atoms with Gasteiger partial charge in [0.1, 0.15) is 22.6 Å². The Morgan fingerprint density at radius 3 is 0.964 bits per heavy atom. The van der Waals surface area contributed by atoms with E-state index in [0.29, 0.717) is 11.1 Å². The Hall–Kier alpha value is -9.83. The third-order valence-electron chi connectivity index (χ3n) is 13.7. The molecule has 84 heavy (non-hydrogen) atoms. The monoisotopic (exact) mass is 1140 g/mol. The molecule has 8 heteroatoms. The van der Waals surface area contributed by atoms with Crippen molar-refractivity contribution in [2.75, 3.05) is 5.73 Å². The first kappa shape index (κ1) is 58.8. The molecule has 2 N–H and O–H groups in total. The van der Waals surface area contributed by atoms with Crippen molar-refractivity contribution in [3.63, 3.8) is 0 Å². The van der Waals surface area contributed by atoms with Crippen LogP contribution in [0.15, 0.2) is 296 Å². The Morgan fingerprint density at radius 1 is 0.333 bits per heavy atom. The van der Waals surface area contributed by atoms with Crippen LogP contribution in [-0.2, 0) is 0 Å². The van der Waals surface area contributed by atoms with E-state index >= 15 is 0 Å². The number of aromatic nitrogens is 2. The topological polar surface area (TPSA) is 85.9 Å². The summed E-state index contributed by atoms with van der Waals surface area (Å²) in [7, 11) is 0. The lowest BCUT2D eigenvalue weighted by Gasteiger charge is -2.19. The highest BCUT2D eigenvalue weighted by Crippen LogP contribution is 2.42. The number of aldehydes is 2. The molecule has 0 aliphatic rings. The second-order valence-electron chi connectivity index (χ2n) is 19.1. The molecule has 5 nitrogen and oxygen atoms in total. The number of rotatable bonds is 12. The van der Waals surface area contributed by atoms with Crippen LogP contribution in [0.1, 0.15) is 80.1 Å². The average molecular weight is 1140 g/mol. The van der Waals surface area contributed by atoms with E-state index in [4.69, 9.17) is 15.7 Å². The van der Waals surface area contributed by atoms with Crippen molar-refractivity contribution in [1.29, 1.82) is 0 Å². The fourth-order valence-corrected chi connectivity index (χ4v) is 12.0. The zero-order chi connectivity index (χ0) is 56.0. The van der Waals surface area contributed by atoms with E-state index in [2.05, 4.69) is 182 Å². The van der Waals surface area contributed by atoms with Crippen molar-refractivity contribution in [3.05, 3.63) is 347 Å². The van der Waals surface area contributed by atoms with Gasteiger partial charge < -0.3 is 5.73 Å². The van der Waals surface area contributed by atoms with Gasteiger partial charge >= 0.3 is 0 Å². The first-order chi connectivity index (χ1) is 40.4. The van der Waals surface area contributed by atoms with Gasteiger partial charge in [0.05, 0.1) is 20.4 Å². The number of thiazole rings is 2. The fourth-order valence-electron chi connectivity index (χ4n) is 9.87. The molecule has 0 aliphatic carbocycles. The number of carbonyl (C=O) groups excluding carboxylic acids is 2. The number of hydrogen-bond acceptors (Lipinski definition) is 8. The fraction of sp³-hybridized carbons (Fsp3) is 0.0263. The van der Waals surface area contributed by atoms with Crippen molar-refractivity contribution < 1.29 is 9.59 Å². The van der Waals surface area contributed by atoms with E-state index in [9.17, 15) is 9.59 Å². The summed E-state index contributed by atoms with van der Waals surface area (Å²) in [6, 6.07) is 98.8. The molecule has 0 unspecified atom stereocenters.